The van der Waals surface area contributed by atoms with Crippen LogP contribution in [0.4, 0.5) is 0 Å². The molecule has 0 atom stereocenters. The standard InChI is InChI=1S/C6H11NO4S/c1-3-4-11-12(9,10)7-6(2)5-8/h5,7H,2-4H2,1H3. The van der Waals surface area contributed by atoms with Crippen molar-refractivity contribution in [2.45, 2.75) is 13.3 Å². The number of aldehydes is 1. The molecular formula is C6H11NO4S. The van der Waals surface area contributed by atoms with E-state index in [4.69, 9.17) is 0 Å². The van der Waals surface area contributed by atoms with Gasteiger partial charge in [-0.2, -0.15) is 8.42 Å². The highest BCUT2D eigenvalue weighted by atomic mass is 32.2. The lowest BCUT2D eigenvalue weighted by molar-refractivity contribution is -0.105. The number of hydrogen-bond donors (Lipinski definition) is 1. The van der Waals surface area contributed by atoms with E-state index in [1.165, 1.54) is 0 Å². The molecule has 0 radical (unpaired) electrons. The molecule has 0 aromatic heterocycles. The number of nitrogens with one attached hydrogen (secondary N) is 1. The van der Waals surface area contributed by atoms with Gasteiger partial charge in [-0.3, -0.25) is 13.7 Å². The molecule has 0 bridgehead atoms. The van der Waals surface area contributed by atoms with Crippen molar-refractivity contribution in [1.82, 2.24) is 4.72 Å². The van der Waals surface area contributed by atoms with Crippen LogP contribution in [0.15, 0.2) is 12.3 Å². The SMILES string of the molecule is C=C(C=O)NS(=O)(=O)OCCC. The molecule has 1 N–H and O–H groups in total. The van der Waals surface area contributed by atoms with Crippen LogP contribution >= 0.6 is 0 Å². The summed E-state index contributed by atoms with van der Waals surface area (Å²) in [6.07, 6.45) is 0.876. The van der Waals surface area contributed by atoms with Gasteiger partial charge in [-0.15, -0.1) is 0 Å². The molecule has 0 amide bonds. The zero-order valence-corrected chi connectivity index (χ0v) is 7.56. The molecule has 0 saturated heterocycles. The predicted octanol–water partition coefficient (Wildman–Crippen LogP) is -0.0400. The van der Waals surface area contributed by atoms with E-state index in [0.717, 1.165) is 0 Å². The third-order valence-corrected chi connectivity index (χ3v) is 1.83. The number of carbonyl (C=O) groups is 1. The molecule has 0 saturated carbocycles. The van der Waals surface area contributed by atoms with Crippen LogP contribution in [-0.4, -0.2) is 21.3 Å². The van der Waals surface area contributed by atoms with Gasteiger partial charge in [0.1, 0.15) is 0 Å². The molecule has 0 aromatic rings. The summed E-state index contributed by atoms with van der Waals surface area (Å²) < 4.78 is 27.8. The number of allylic oxidation sites excluding steroid dienone is 1. The summed E-state index contributed by atoms with van der Waals surface area (Å²) in [4.78, 5) is 9.97. The zero-order valence-electron chi connectivity index (χ0n) is 6.74. The van der Waals surface area contributed by atoms with Crippen molar-refractivity contribution in [2.24, 2.45) is 0 Å². The van der Waals surface area contributed by atoms with Crippen molar-refractivity contribution >= 4 is 16.6 Å². The Kier molecular flexibility index (Phi) is 4.53. The smallest absolute Gasteiger partial charge is 0.296 e. The van der Waals surface area contributed by atoms with Crippen molar-refractivity contribution in [1.29, 1.82) is 0 Å². The van der Waals surface area contributed by atoms with Crippen molar-refractivity contribution in [3.8, 4) is 0 Å². The average molecular weight is 193 g/mol. The van der Waals surface area contributed by atoms with E-state index >= 15 is 0 Å². The van der Waals surface area contributed by atoms with Crippen molar-refractivity contribution < 1.29 is 17.4 Å². The largest absolute Gasteiger partial charge is 0.360 e. The zero-order chi connectivity index (χ0) is 9.61. The highest BCUT2D eigenvalue weighted by Gasteiger charge is 2.09. The van der Waals surface area contributed by atoms with Crippen LogP contribution in [0.5, 0.6) is 0 Å². The summed E-state index contributed by atoms with van der Waals surface area (Å²) in [5.41, 5.74) is -0.244. The number of rotatable bonds is 6. The molecule has 0 aliphatic heterocycles. The van der Waals surface area contributed by atoms with Crippen LogP contribution in [-0.2, 0) is 19.3 Å². The lowest BCUT2D eigenvalue weighted by Crippen LogP contribution is -2.25. The van der Waals surface area contributed by atoms with E-state index < -0.39 is 10.3 Å². The summed E-state index contributed by atoms with van der Waals surface area (Å²) in [5, 5.41) is 0. The van der Waals surface area contributed by atoms with Crippen LogP contribution in [0.3, 0.4) is 0 Å². The Bertz CT molecular complexity index is 257. The quantitative estimate of drug-likeness (QED) is 0.474. The minimum absolute atomic E-state index is 0.0848. The van der Waals surface area contributed by atoms with Gasteiger partial charge in [0.15, 0.2) is 6.29 Å². The lowest BCUT2D eigenvalue weighted by atomic mass is 10.5. The first-order valence-corrected chi connectivity index (χ1v) is 4.74. The maximum atomic E-state index is 10.8. The molecule has 0 rings (SSSR count). The van der Waals surface area contributed by atoms with E-state index in [9.17, 15) is 13.2 Å². The molecule has 0 fully saturated rings. The minimum Gasteiger partial charge on any atom is -0.296 e. The maximum absolute atomic E-state index is 10.8. The molecule has 0 aliphatic rings. The van der Waals surface area contributed by atoms with E-state index in [2.05, 4.69) is 10.8 Å². The van der Waals surface area contributed by atoms with Gasteiger partial charge in [0.2, 0.25) is 0 Å². The molecule has 0 unspecified atom stereocenters. The molecular weight excluding hydrogens is 182 g/mol. The van der Waals surface area contributed by atoms with Crippen molar-refractivity contribution in [3.05, 3.63) is 12.3 Å². The fraction of sp³-hybridized carbons (Fsp3) is 0.500. The monoisotopic (exact) mass is 193 g/mol. The fourth-order valence-electron chi connectivity index (χ4n) is 0.407. The second kappa shape index (κ2) is 4.89. The summed E-state index contributed by atoms with van der Waals surface area (Å²) in [7, 11) is -3.84. The maximum Gasteiger partial charge on any atom is 0.360 e. The minimum atomic E-state index is -3.84. The average Bonchev–Trinajstić information content (AvgIpc) is 2.00. The summed E-state index contributed by atoms with van der Waals surface area (Å²) in [5.74, 6) is 0. The fourth-order valence-corrected chi connectivity index (χ4v) is 1.22. The summed E-state index contributed by atoms with van der Waals surface area (Å²) in [6, 6.07) is 0. The second-order valence-electron chi connectivity index (χ2n) is 2.02. The summed E-state index contributed by atoms with van der Waals surface area (Å²) in [6.45, 7) is 4.98. The van der Waals surface area contributed by atoms with Gasteiger partial charge < -0.3 is 0 Å². The van der Waals surface area contributed by atoms with E-state index in [1.54, 1.807) is 6.92 Å². The van der Waals surface area contributed by atoms with Gasteiger partial charge in [-0.25, -0.2) is 0 Å². The Morgan fingerprint density at radius 3 is 2.67 bits per heavy atom. The lowest BCUT2D eigenvalue weighted by Gasteiger charge is -2.04. The summed E-state index contributed by atoms with van der Waals surface area (Å²) >= 11 is 0. The topological polar surface area (TPSA) is 72.5 Å². The van der Waals surface area contributed by atoms with Gasteiger partial charge >= 0.3 is 10.3 Å². The van der Waals surface area contributed by atoms with E-state index in [-0.39, 0.29) is 12.3 Å². The third kappa shape index (κ3) is 4.86. The predicted molar refractivity (Wildman–Crippen MR) is 43.5 cm³/mol. The Morgan fingerprint density at radius 2 is 2.25 bits per heavy atom. The van der Waals surface area contributed by atoms with Gasteiger partial charge in [0, 0.05) is 0 Å². The number of carbonyl (C=O) groups excluding carboxylic acids is 1. The van der Waals surface area contributed by atoms with Gasteiger partial charge in [0.25, 0.3) is 0 Å². The molecule has 0 aromatic carbocycles. The molecule has 12 heavy (non-hydrogen) atoms. The van der Waals surface area contributed by atoms with Gasteiger partial charge in [-0.05, 0) is 6.42 Å². The van der Waals surface area contributed by atoms with Crippen molar-refractivity contribution in [3.63, 3.8) is 0 Å². The van der Waals surface area contributed by atoms with Crippen LogP contribution in [0.25, 0.3) is 0 Å². The van der Waals surface area contributed by atoms with Crippen LogP contribution in [0.2, 0.25) is 0 Å². The first kappa shape index (κ1) is 11.1. The van der Waals surface area contributed by atoms with Crippen LogP contribution in [0, 0.1) is 0 Å². The van der Waals surface area contributed by atoms with E-state index in [1.807, 2.05) is 4.72 Å². The van der Waals surface area contributed by atoms with Gasteiger partial charge in [-0.1, -0.05) is 13.5 Å². The first-order valence-electron chi connectivity index (χ1n) is 3.33. The molecule has 6 heteroatoms. The number of hydrogen-bond acceptors (Lipinski definition) is 4. The molecule has 5 nitrogen and oxygen atoms in total. The van der Waals surface area contributed by atoms with Crippen LogP contribution < -0.4 is 4.72 Å². The first-order chi connectivity index (χ1) is 5.52. The normalized spacial score (nSPS) is 10.8. The third-order valence-electron chi connectivity index (χ3n) is 0.841. The Hall–Kier alpha value is -0.880. The van der Waals surface area contributed by atoms with Crippen molar-refractivity contribution in [2.75, 3.05) is 6.61 Å². The van der Waals surface area contributed by atoms with Crippen LogP contribution in [0.1, 0.15) is 13.3 Å². The Balaban J connectivity index is 4.05. The van der Waals surface area contributed by atoms with Gasteiger partial charge in [0.05, 0.1) is 12.3 Å². The highest BCUT2D eigenvalue weighted by molar-refractivity contribution is 7.84. The molecule has 70 valence electrons. The Labute approximate surface area is 71.7 Å². The molecule has 0 heterocycles. The highest BCUT2D eigenvalue weighted by Crippen LogP contribution is 1.92. The second-order valence-corrected chi connectivity index (χ2v) is 3.37. The Morgan fingerprint density at radius 1 is 1.67 bits per heavy atom. The molecule has 0 spiro atoms. The van der Waals surface area contributed by atoms with E-state index in [0.29, 0.717) is 12.7 Å². The molecule has 0 aliphatic carbocycles.